The highest BCUT2D eigenvalue weighted by Crippen LogP contribution is 2.33. The Morgan fingerprint density at radius 1 is 1.28 bits per heavy atom. The normalized spacial score (nSPS) is 21.9. The third-order valence-corrected chi connectivity index (χ3v) is 5.05. The molecule has 1 atom stereocenters. The van der Waals surface area contributed by atoms with Gasteiger partial charge in [0.05, 0.1) is 17.8 Å². The molecule has 1 N–H and O–H groups in total. The molecule has 0 spiro atoms. The number of aromatic nitrogens is 2. The van der Waals surface area contributed by atoms with Crippen molar-refractivity contribution in [2.45, 2.75) is 44.9 Å². The number of halogens is 1. The average Bonchev–Trinajstić information content (AvgIpc) is 2.80. The molecule has 1 aliphatic rings. The van der Waals surface area contributed by atoms with Crippen LogP contribution in [0, 0.1) is 12.7 Å². The maximum atomic E-state index is 13.2. The van der Waals surface area contributed by atoms with E-state index in [9.17, 15) is 9.50 Å². The molecule has 1 aromatic carbocycles. The van der Waals surface area contributed by atoms with Crippen LogP contribution in [0.25, 0.3) is 0 Å². The Morgan fingerprint density at radius 2 is 2.04 bits per heavy atom. The summed E-state index contributed by atoms with van der Waals surface area (Å²) in [6, 6.07) is 6.25. The van der Waals surface area contributed by atoms with E-state index in [1.807, 2.05) is 17.7 Å². The third kappa shape index (κ3) is 4.17. The lowest BCUT2D eigenvalue weighted by Gasteiger charge is -2.27. The van der Waals surface area contributed by atoms with Gasteiger partial charge in [-0.3, -0.25) is 9.58 Å². The fraction of sp³-hybridized carbons (Fsp3) is 0.450. The molecule has 1 fully saturated rings. The molecule has 5 heteroatoms. The largest absolute Gasteiger partial charge is 0.385 e. The van der Waals surface area contributed by atoms with E-state index in [0.29, 0.717) is 19.4 Å². The first-order chi connectivity index (χ1) is 12.0. The van der Waals surface area contributed by atoms with Gasteiger partial charge in [0.2, 0.25) is 0 Å². The molecule has 0 amide bonds. The highest BCUT2D eigenvalue weighted by molar-refractivity contribution is 5.23. The van der Waals surface area contributed by atoms with Crippen LogP contribution in [0.2, 0.25) is 0 Å². The number of rotatable bonds is 5. The number of aryl methyl sites for hydroxylation is 1. The molecule has 0 saturated carbocycles. The van der Waals surface area contributed by atoms with Gasteiger partial charge in [0.25, 0.3) is 0 Å². The molecule has 1 unspecified atom stereocenters. The van der Waals surface area contributed by atoms with E-state index in [1.54, 1.807) is 12.1 Å². The number of hydrogen-bond donors (Lipinski definition) is 1. The summed E-state index contributed by atoms with van der Waals surface area (Å²) in [7, 11) is 0. The second-order valence-electron chi connectivity index (χ2n) is 6.92. The molecule has 0 bridgehead atoms. The number of hydrogen-bond acceptors (Lipinski definition) is 3. The van der Waals surface area contributed by atoms with Crippen LogP contribution in [0.1, 0.15) is 36.1 Å². The van der Waals surface area contributed by atoms with Crippen molar-refractivity contribution >= 4 is 0 Å². The van der Waals surface area contributed by atoms with Crippen molar-refractivity contribution in [2.75, 3.05) is 13.1 Å². The van der Waals surface area contributed by atoms with Gasteiger partial charge in [-0.2, -0.15) is 5.10 Å². The number of allylic oxidation sites excluding steroid dienone is 1. The summed E-state index contributed by atoms with van der Waals surface area (Å²) >= 11 is 0. The summed E-state index contributed by atoms with van der Waals surface area (Å²) in [5, 5.41) is 15.6. The van der Waals surface area contributed by atoms with Gasteiger partial charge in [-0.05, 0) is 50.4 Å². The molecular formula is C20H26FN3O. The molecule has 0 aliphatic carbocycles. The van der Waals surface area contributed by atoms with Crippen LogP contribution in [0.15, 0.2) is 43.1 Å². The van der Waals surface area contributed by atoms with E-state index in [2.05, 4.69) is 22.8 Å². The summed E-state index contributed by atoms with van der Waals surface area (Å²) in [4.78, 5) is 2.36. The first kappa shape index (κ1) is 17.8. The van der Waals surface area contributed by atoms with Crippen molar-refractivity contribution < 1.29 is 9.50 Å². The summed E-state index contributed by atoms with van der Waals surface area (Å²) in [6.45, 7) is 9.07. The van der Waals surface area contributed by atoms with Gasteiger partial charge in [0.1, 0.15) is 5.82 Å². The molecule has 4 nitrogen and oxygen atoms in total. The first-order valence-corrected chi connectivity index (χ1v) is 8.85. The third-order valence-electron chi connectivity index (χ3n) is 5.05. The van der Waals surface area contributed by atoms with E-state index in [0.717, 1.165) is 37.3 Å². The SMILES string of the molecule is C=CCn1cc(CN2CCCC(O)(c3ccc(F)cc3)CC2)c(C)n1. The molecule has 1 aromatic heterocycles. The topological polar surface area (TPSA) is 41.3 Å². The molecule has 25 heavy (non-hydrogen) atoms. The zero-order valence-electron chi connectivity index (χ0n) is 14.8. The molecular weight excluding hydrogens is 317 g/mol. The number of nitrogens with zero attached hydrogens (tertiary/aromatic N) is 3. The van der Waals surface area contributed by atoms with Gasteiger partial charge >= 0.3 is 0 Å². The minimum Gasteiger partial charge on any atom is -0.385 e. The van der Waals surface area contributed by atoms with Crippen molar-refractivity contribution in [1.82, 2.24) is 14.7 Å². The van der Waals surface area contributed by atoms with Crippen LogP contribution in [-0.2, 0) is 18.7 Å². The van der Waals surface area contributed by atoms with Gasteiger partial charge in [0, 0.05) is 24.8 Å². The van der Waals surface area contributed by atoms with Gasteiger partial charge in [-0.15, -0.1) is 6.58 Å². The van der Waals surface area contributed by atoms with Crippen LogP contribution in [0.5, 0.6) is 0 Å². The van der Waals surface area contributed by atoms with Crippen LogP contribution in [0.3, 0.4) is 0 Å². The Labute approximate surface area is 148 Å². The highest BCUT2D eigenvalue weighted by Gasteiger charge is 2.32. The summed E-state index contributed by atoms with van der Waals surface area (Å²) in [5.41, 5.74) is 2.20. The lowest BCUT2D eigenvalue weighted by Crippen LogP contribution is -2.29. The second kappa shape index (κ2) is 7.50. The lowest BCUT2D eigenvalue weighted by molar-refractivity contribution is 0.0209. The summed E-state index contributed by atoms with van der Waals surface area (Å²) in [5.74, 6) is -0.269. The molecule has 2 heterocycles. The highest BCUT2D eigenvalue weighted by atomic mass is 19.1. The second-order valence-corrected chi connectivity index (χ2v) is 6.92. The maximum absolute atomic E-state index is 13.2. The van der Waals surface area contributed by atoms with Crippen molar-refractivity contribution in [3.8, 4) is 0 Å². The molecule has 2 aromatic rings. The molecule has 1 aliphatic heterocycles. The van der Waals surface area contributed by atoms with Crippen molar-refractivity contribution in [3.63, 3.8) is 0 Å². The predicted octanol–water partition coefficient (Wildman–Crippen LogP) is 3.39. The molecule has 134 valence electrons. The lowest BCUT2D eigenvalue weighted by atomic mass is 9.87. The molecule has 0 radical (unpaired) electrons. The quantitative estimate of drug-likeness (QED) is 0.846. The minimum atomic E-state index is -0.871. The van der Waals surface area contributed by atoms with Crippen molar-refractivity contribution in [1.29, 1.82) is 0 Å². The summed E-state index contributed by atoms with van der Waals surface area (Å²) < 4.78 is 15.1. The van der Waals surface area contributed by atoms with Gasteiger partial charge in [-0.1, -0.05) is 18.2 Å². The predicted molar refractivity (Wildman–Crippen MR) is 96.6 cm³/mol. The number of benzene rings is 1. The van der Waals surface area contributed by atoms with Crippen molar-refractivity contribution in [3.05, 3.63) is 65.8 Å². The zero-order chi connectivity index (χ0) is 17.9. The van der Waals surface area contributed by atoms with Crippen molar-refractivity contribution in [2.24, 2.45) is 0 Å². The zero-order valence-corrected chi connectivity index (χ0v) is 14.8. The van der Waals surface area contributed by atoms with E-state index in [1.165, 1.54) is 17.7 Å². The number of likely N-dealkylation sites (tertiary alicyclic amines) is 1. The van der Waals surface area contributed by atoms with E-state index < -0.39 is 5.60 Å². The summed E-state index contributed by atoms with van der Waals surface area (Å²) in [6.07, 6.45) is 6.18. The smallest absolute Gasteiger partial charge is 0.123 e. The van der Waals surface area contributed by atoms with Crippen LogP contribution in [0.4, 0.5) is 4.39 Å². The Kier molecular flexibility index (Phi) is 5.35. The fourth-order valence-corrected chi connectivity index (χ4v) is 3.56. The van der Waals surface area contributed by atoms with Crippen LogP contribution in [-0.4, -0.2) is 32.9 Å². The fourth-order valence-electron chi connectivity index (χ4n) is 3.56. The Bertz CT molecular complexity index is 725. The monoisotopic (exact) mass is 343 g/mol. The van der Waals surface area contributed by atoms with Gasteiger partial charge in [-0.25, -0.2) is 4.39 Å². The average molecular weight is 343 g/mol. The minimum absolute atomic E-state index is 0.269. The standard InChI is InChI=1S/C20H26FN3O/c1-3-11-24-15-17(16(2)22-24)14-23-12-4-9-20(25,10-13-23)18-5-7-19(21)8-6-18/h3,5-8,15,25H,1,4,9-14H2,2H3. The van der Waals surface area contributed by atoms with Crippen LogP contribution < -0.4 is 0 Å². The Balaban J connectivity index is 1.67. The van der Waals surface area contributed by atoms with Gasteiger partial charge < -0.3 is 5.11 Å². The van der Waals surface area contributed by atoms with E-state index >= 15 is 0 Å². The Hall–Kier alpha value is -1.98. The van der Waals surface area contributed by atoms with E-state index in [-0.39, 0.29) is 5.82 Å². The Morgan fingerprint density at radius 3 is 2.76 bits per heavy atom. The van der Waals surface area contributed by atoms with Gasteiger partial charge in [0.15, 0.2) is 0 Å². The maximum Gasteiger partial charge on any atom is 0.123 e. The first-order valence-electron chi connectivity index (χ1n) is 8.85. The molecule has 1 saturated heterocycles. The number of aliphatic hydroxyl groups is 1. The molecule has 3 rings (SSSR count). The van der Waals surface area contributed by atoms with Crippen LogP contribution >= 0.6 is 0 Å². The van der Waals surface area contributed by atoms with E-state index in [4.69, 9.17) is 0 Å².